The third-order valence-corrected chi connectivity index (χ3v) is 4.25. The van der Waals surface area contributed by atoms with Gasteiger partial charge < -0.3 is 15.4 Å². The van der Waals surface area contributed by atoms with E-state index in [4.69, 9.17) is 17.0 Å². The molecule has 1 heterocycles. The van der Waals surface area contributed by atoms with Gasteiger partial charge in [-0.25, -0.2) is 4.99 Å². The molecule has 0 aliphatic carbocycles. The fourth-order valence-corrected chi connectivity index (χ4v) is 2.94. The summed E-state index contributed by atoms with van der Waals surface area (Å²) in [4.78, 5) is 4.33. The smallest absolute Gasteiger partial charge is 0.416 e. The monoisotopic (exact) mass is 447 g/mol. The highest BCUT2D eigenvalue weighted by Crippen LogP contribution is 2.37. The summed E-state index contributed by atoms with van der Waals surface area (Å²) in [5.74, 6) is 0.367. The fourth-order valence-electron chi connectivity index (χ4n) is 2.71. The number of ether oxygens (including phenoxy) is 1. The molecular formula is C19H15F6N3OS. The summed E-state index contributed by atoms with van der Waals surface area (Å²) in [5.41, 5.74) is -2.33. The second-order valence-corrected chi connectivity index (χ2v) is 6.92. The van der Waals surface area contributed by atoms with Gasteiger partial charge in [-0.2, -0.15) is 26.3 Å². The molecule has 2 N–H and O–H groups in total. The van der Waals surface area contributed by atoms with Crippen LogP contribution >= 0.6 is 12.2 Å². The van der Waals surface area contributed by atoms with Crippen molar-refractivity contribution in [1.29, 1.82) is 0 Å². The summed E-state index contributed by atoms with van der Waals surface area (Å²) in [6.45, 7) is 2.26. The molecule has 160 valence electrons. The Bertz CT molecular complexity index is 955. The standard InChI is InChI=1S/C19H15F6N3OS/c1-10-9-29-16(26-10)14-4-2-3-5-15(14)28-17(30)27-13-7-11(18(20,21)22)6-12(8-13)19(23,24)25/h2-8,10H,9H2,1H3,(H2,27,28,30)/t10-/m0/s1. The van der Waals surface area contributed by atoms with Crippen LogP contribution in [0.5, 0.6) is 0 Å². The Morgan fingerprint density at radius 2 is 1.60 bits per heavy atom. The third kappa shape index (κ3) is 5.21. The van der Waals surface area contributed by atoms with Gasteiger partial charge in [0.05, 0.1) is 28.4 Å². The molecule has 1 aliphatic heterocycles. The molecule has 2 aromatic rings. The molecule has 0 unspecified atom stereocenters. The number of aliphatic imine (C=N–C) groups is 1. The third-order valence-electron chi connectivity index (χ3n) is 4.05. The lowest BCUT2D eigenvalue weighted by Gasteiger charge is -2.17. The van der Waals surface area contributed by atoms with E-state index in [-0.39, 0.29) is 17.2 Å². The van der Waals surface area contributed by atoms with Crippen LogP contribution in [0.2, 0.25) is 0 Å². The van der Waals surface area contributed by atoms with E-state index in [1.807, 2.05) is 6.92 Å². The van der Waals surface area contributed by atoms with E-state index in [2.05, 4.69) is 15.6 Å². The van der Waals surface area contributed by atoms with Crippen LogP contribution in [0.1, 0.15) is 23.6 Å². The first kappa shape index (κ1) is 21.9. The number of nitrogens with zero attached hydrogens (tertiary/aromatic N) is 1. The van der Waals surface area contributed by atoms with Crippen molar-refractivity contribution in [2.24, 2.45) is 4.99 Å². The molecular weight excluding hydrogens is 432 g/mol. The molecule has 0 aromatic heterocycles. The summed E-state index contributed by atoms with van der Waals surface area (Å²) < 4.78 is 83.5. The summed E-state index contributed by atoms with van der Waals surface area (Å²) in [5, 5.41) is 4.95. The normalized spacial score (nSPS) is 16.6. The van der Waals surface area contributed by atoms with Gasteiger partial charge in [0.1, 0.15) is 6.61 Å². The Kier molecular flexibility index (Phi) is 5.93. The predicted molar refractivity (Wildman–Crippen MR) is 105 cm³/mol. The second-order valence-electron chi connectivity index (χ2n) is 6.51. The van der Waals surface area contributed by atoms with Crippen molar-refractivity contribution >= 4 is 34.6 Å². The lowest BCUT2D eigenvalue weighted by molar-refractivity contribution is -0.143. The van der Waals surface area contributed by atoms with Crippen molar-refractivity contribution in [3.8, 4) is 0 Å². The minimum atomic E-state index is -4.95. The first-order valence-corrected chi connectivity index (χ1v) is 9.02. The quantitative estimate of drug-likeness (QED) is 0.468. The highest BCUT2D eigenvalue weighted by Gasteiger charge is 2.37. The highest BCUT2D eigenvalue weighted by atomic mass is 32.1. The molecule has 0 amide bonds. The molecule has 0 fully saturated rings. The molecule has 30 heavy (non-hydrogen) atoms. The minimum absolute atomic E-state index is 0.0379. The van der Waals surface area contributed by atoms with Gasteiger partial charge in [-0.1, -0.05) is 12.1 Å². The number of hydrogen-bond donors (Lipinski definition) is 2. The summed E-state index contributed by atoms with van der Waals surface area (Å²) in [6.07, 6.45) is -9.90. The van der Waals surface area contributed by atoms with E-state index >= 15 is 0 Å². The van der Waals surface area contributed by atoms with Crippen LogP contribution in [0.15, 0.2) is 47.5 Å². The average Bonchev–Trinajstić information content (AvgIpc) is 3.06. The van der Waals surface area contributed by atoms with E-state index in [0.717, 1.165) is 0 Å². The maximum atomic E-state index is 13.0. The number of para-hydroxylation sites is 1. The van der Waals surface area contributed by atoms with Gasteiger partial charge in [-0.15, -0.1) is 0 Å². The number of anilines is 2. The van der Waals surface area contributed by atoms with Crippen molar-refractivity contribution in [2.75, 3.05) is 17.2 Å². The van der Waals surface area contributed by atoms with E-state index in [1.54, 1.807) is 24.3 Å². The Morgan fingerprint density at radius 3 is 2.13 bits per heavy atom. The second kappa shape index (κ2) is 8.13. The lowest BCUT2D eigenvalue weighted by Crippen LogP contribution is -2.22. The van der Waals surface area contributed by atoms with Gasteiger partial charge in [0.25, 0.3) is 0 Å². The van der Waals surface area contributed by atoms with Crippen LogP contribution in [0, 0.1) is 0 Å². The fraction of sp³-hybridized carbons (Fsp3) is 0.263. The molecule has 1 aliphatic rings. The van der Waals surface area contributed by atoms with E-state index < -0.39 is 29.2 Å². The van der Waals surface area contributed by atoms with Crippen molar-refractivity contribution in [2.45, 2.75) is 25.3 Å². The molecule has 11 heteroatoms. The van der Waals surface area contributed by atoms with Crippen LogP contribution in [0.3, 0.4) is 0 Å². The molecule has 2 aromatic carbocycles. The molecule has 3 rings (SSSR count). The van der Waals surface area contributed by atoms with Gasteiger partial charge in [0, 0.05) is 5.69 Å². The molecule has 1 atom stereocenters. The number of thiocarbonyl (C=S) groups is 1. The Labute approximate surface area is 172 Å². The predicted octanol–water partition coefficient (Wildman–Crippen LogP) is 5.70. The number of rotatable bonds is 3. The van der Waals surface area contributed by atoms with Crippen molar-refractivity contribution < 1.29 is 31.1 Å². The Balaban J connectivity index is 1.85. The molecule has 0 radical (unpaired) electrons. The van der Waals surface area contributed by atoms with Gasteiger partial charge in [-0.3, -0.25) is 0 Å². The zero-order valence-electron chi connectivity index (χ0n) is 15.4. The molecule has 0 saturated carbocycles. The SMILES string of the molecule is C[C@H]1COC(c2ccccc2NC(=S)Nc2cc(C(F)(F)F)cc(C(F)(F)F)c2)=N1. The molecule has 0 saturated heterocycles. The van der Waals surface area contributed by atoms with Crippen LogP contribution in [-0.4, -0.2) is 23.7 Å². The van der Waals surface area contributed by atoms with Crippen molar-refractivity contribution in [3.05, 3.63) is 59.2 Å². The summed E-state index contributed by atoms with van der Waals surface area (Å²) in [7, 11) is 0. The lowest BCUT2D eigenvalue weighted by atomic mass is 10.1. The van der Waals surface area contributed by atoms with E-state index in [0.29, 0.717) is 35.9 Å². The molecule has 0 spiro atoms. The largest absolute Gasteiger partial charge is 0.475 e. The van der Waals surface area contributed by atoms with Crippen LogP contribution in [-0.2, 0) is 17.1 Å². The number of nitrogens with one attached hydrogen (secondary N) is 2. The zero-order valence-corrected chi connectivity index (χ0v) is 16.2. The maximum Gasteiger partial charge on any atom is 0.416 e. The summed E-state index contributed by atoms with van der Waals surface area (Å²) >= 11 is 5.08. The average molecular weight is 447 g/mol. The van der Waals surface area contributed by atoms with Gasteiger partial charge in [0.2, 0.25) is 5.90 Å². The van der Waals surface area contributed by atoms with E-state index in [9.17, 15) is 26.3 Å². The number of benzene rings is 2. The highest BCUT2D eigenvalue weighted by molar-refractivity contribution is 7.80. The van der Waals surface area contributed by atoms with Crippen molar-refractivity contribution in [3.63, 3.8) is 0 Å². The topological polar surface area (TPSA) is 45.6 Å². The van der Waals surface area contributed by atoms with Crippen LogP contribution < -0.4 is 10.6 Å². The van der Waals surface area contributed by atoms with Gasteiger partial charge in [0.15, 0.2) is 5.11 Å². The van der Waals surface area contributed by atoms with Crippen LogP contribution in [0.25, 0.3) is 0 Å². The van der Waals surface area contributed by atoms with Gasteiger partial charge >= 0.3 is 12.4 Å². The Morgan fingerprint density at radius 1 is 1.00 bits per heavy atom. The maximum absolute atomic E-state index is 13.0. The van der Waals surface area contributed by atoms with Gasteiger partial charge in [-0.05, 0) is 49.5 Å². The summed E-state index contributed by atoms with van der Waals surface area (Å²) in [6, 6.07) is 7.87. The van der Waals surface area contributed by atoms with Crippen LogP contribution in [0.4, 0.5) is 37.7 Å². The number of hydrogen-bond acceptors (Lipinski definition) is 3. The molecule has 4 nitrogen and oxygen atoms in total. The zero-order chi connectivity index (χ0) is 22.1. The number of alkyl halides is 6. The van der Waals surface area contributed by atoms with E-state index in [1.165, 1.54) is 0 Å². The molecule has 0 bridgehead atoms. The number of halogens is 6. The first-order valence-electron chi connectivity index (χ1n) is 8.61. The minimum Gasteiger partial charge on any atom is -0.475 e. The van der Waals surface area contributed by atoms with Crippen molar-refractivity contribution in [1.82, 2.24) is 0 Å². The first-order chi connectivity index (χ1) is 13.9. The Hall–Kier alpha value is -2.82.